The van der Waals surface area contributed by atoms with Crippen molar-refractivity contribution in [3.8, 4) is 0 Å². The van der Waals surface area contributed by atoms with Crippen LogP contribution in [0.25, 0.3) is 0 Å². The van der Waals surface area contributed by atoms with Crippen LogP contribution in [0.5, 0.6) is 0 Å². The van der Waals surface area contributed by atoms with Crippen LogP contribution in [0.1, 0.15) is 44.9 Å². The van der Waals surface area contributed by atoms with Gasteiger partial charge in [-0.3, -0.25) is 4.90 Å². The van der Waals surface area contributed by atoms with Crippen LogP contribution >= 0.6 is 0 Å². The van der Waals surface area contributed by atoms with Crippen LogP contribution < -0.4 is 5.32 Å². The molecule has 3 nitrogen and oxygen atoms in total. The second-order valence-electron chi connectivity index (χ2n) is 6.22. The van der Waals surface area contributed by atoms with Gasteiger partial charge < -0.3 is 10.1 Å². The number of likely N-dealkylation sites (N-methyl/N-ethyl adjacent to an activating group) is 1. The summed E-state index contributed by atoms with van der Waals surface area (Å²) in [4.78, 5) is 2.62. The standard InChI is InChI=1S/C14H26N2O/c1-16(13-10-15-11-13)12-5-8-17-14(9-12)6-3-2-4-7-14/h12-13,15H,2-11H2,1H3. The molecule has 0 aromatic rings. The molecule has 2 heterocycles. The lowest BCUT2D eigenvalue weighted by Crippen LogP contribution is -2.60. The Kier molecular flexibility index (Phi) is 3.42. The quantitative estimate of drug-likeness (QED) is 0.793. The van der Waals surface area contributed by atoms with E-state index in [1.165, 1.54) is 58.0 Å². The van der Waals surface area contributed by atoms with Crippen molar-refractivity contribution in [2.75, 3.05) is 26.7 Å². The third-order valence-electron chi connectivity index (χ3n) is 5.14. The summed E-state index contributed by atoms with van der Waals surface area (Å²) in [7, 11) is 2.32. The Morgan fingerprint density at radius 3 is 2.53 bits per heavy atom. The first-order valence-corrected chi connectivity index (χ1v) is 7.36. The minimum Gasteiger partial charge on any atom is -0.375 e. The molecule has 3 fully saturated rings. The molecule has 1 atom stereocenters. The topological polar surface area (TPSA) is 24.5 Å². The first kappa shape index (κ1) is 11.9. The fourth-order valence-electron chi connectivity index (χ4n) is 3.75. The van der Waals surface area contributed by atoms with Gasteiger partial charge in [-0.05, 0) is 32.7 Å². The summed E-state index contributed by atoms with van der Waals surface area (Å²) < 4.78 is 6.18. The lowest BCUT2D eigenvalue weighted by atomic mass is 9.77. The average Bonchev–Trinajstić information content (AvgIpc) is 2.28. The number of hydrogen-bond acceptors (Lipinski definition) is 3. The lowest BCUT2D eigenvalue weighted by Gasteiger charge is -2.49. The van der Waals surface area contributed by atoms with Crippen molar-refractivity contribution in [2.45, 2.75) is 62.6 Å². The number of nitrogens with one attached hydrogen (secondary N) is 1. The van der Waals surface area contributed by atoms with E-state index in [2.05, 4.69) is 17.3 Å². The Morgan fingerprint density at radius 1 is 1.12 bits per heavy atom. The van der Waals surface area contributed by atoms with E-state index in [4.69, 9.17) is 4.74 Å². The predicted octanol–water partition coefficient (Wildman–Crippen LogP) is 1.77. The molecule has 1 spiro atoms. The van der Waals surface area contributed by atoms with Gasteiger partial charge in [-0.15, -0.1) is 0 Å². The molecule has 3 aliphatic rings. The van der Waals surface area contributed by atoms with E-state index in [1.807, 2.05) is 0 Å². The van der Waals surface area contributed by atoms with Crippen molar-refractivity contribution in [3.63, 3.8) is 0 Å². The molecule has 0 radical (unpaired) electrons. The van der Waals surface area contributed by atoms with E-state index in [0.29, 0.717) is 0 Å². The number of nitrogens with zero attached hydrogens (tertiary/aromatic N) is 1. The fourth-order valence-corrected chi connectivity index (χ4v) is 3.75. The van der Waals surface area contributed by atoms with Gasteiger partial charge in [-0.1, -0.05) is 19.3 Å². The number of hydrogen-bond donors (Lipinski definition) is 1. The molecule has 2 saturated heterocycles. The van der Waals surface area contributed by atoms with Crippen molar-refractivity contribution in [3.05, 3.63) is 0 Å². The molecule has 1 N–H and O–H groups in total. The first-order valence-electron chi connectivity index (χ1n) is 7.36. The zero-order valence-corrected chi connectivity index (χ0v) is 11.1. The van der Waals surface area contributed by atoms with Gasteiger partial charge in [0, 0.05) is 31.8 Å². The second kappa shape index (κ2) is 4.87. The third kappa shape index (κ3) is 2.38. The highest BCUT2D eigenvalue weighted by atomic mass is 16.5. The Balaban J connectivity index is 1.61. The summed E-state index contributed by atoms with van der Waals surface area (Å²) in [6, 6.07) is 1.53. The molecule has 1 unspecified atom stereocenters. The SMILES string of the molecule is CN(C1CNC1)C1CCOC2(CCCCC2)C1. The van der Waals surface area contributed by atoms with Crippen LogP contribution in [0.2, 0.25) is 0 Å². The minimum atomic E-state index is 0.257. The first-order chi connectivity index (χ1) is 8.29. The minimum absolute atomic E-state index is 0.257. The van der Waals surface area contributed by atoms with Gasteiger partial charge in [0.05, 0.1) is 5.60 Å². The highest BCUT2D eigenvalue weighted by molar-refractivity contribution is 4.95. The summed E-state index contributed by atoms with van der Waals surface area (Å²) in [5.41, 5.74) is 0.257. The van der Waals surface area contributed by atoms with Crippen LogP contribution in [0.15, 0.2) is 0 Å². The summed E-state index contributed by atoms with van der Waals surface area (Å²) in [5.74, 6) is 0. The monoisotopic (exact) mass is 238 g/mol. The molecule has 0 aromatic carbocycles. The van der Waals surface area contributed by atoms with Gasteiger partial charge in [-0.25, -0.2) is 0 Å². The third-order valence-corrected chi connectivity index (χ3v) is 5.14. The highest BCUT2D eigenvalue weighted by Gasteiger charge is 2.41. The van der Waals surface area contributed by atoms with Crippen LogP contribution in [0.4, 0.5) is 0 Å². The van der Waals surface area contributed by atoms with E-state index in [9.17, 15) is 0 Å². The Labute approximate surface area is 105 Å². The van der Waals surface area contributed by atoms with Crippen LogP contribution in [-0.4, -0.2) is 49.3 Å². The van der Waals surface area contributed by atoms with Gasteiger partial charge in [0.25, 0.3) is 0 Å². The largest absolute Gasteiger partial charge is 0.375 e. The number of rotatable bonds is 2. The molecule has 17 heavy (non-hydrogen) atoms. The fraction of sp³-hybridized carbons (Fsp3) is 1.00. The zero-order chi connectivity index (χ0) is 11.7. The molecular weight excluding hydrogens is 212 g/mol. The van der Waals surface area contributed by atoms with E-state index < -0.39 is 0 Å². The molecule has 1 saturated carbocycles. The van der Waals surface area contributed by atoms with E-state index in [0.717, 1.165) is 18.7 Å². The highest BCUT2D eigenvalue weighted by Crippen LogP contribution is 2.39. The molecule has 0 bridgehead atoms. The number of ether oxygens (including phenoxy) is 1. The van der Waals surface area contributed by atoms with Gasteiger partial charge in [0.1, 0.15) is 0 Å². The average molecular weight is 238 g/mol. The summed E-state index contributed by atoms with van der Waals surface area (Å²) in [5, 5.41) is 3.38. The maximum absolute atomic E-state index is 6.18. The van der Waals surface area contributed by atoms with Crippen molar-refractivity contribution in [1.29, 1.82) is 0 Å². The smallest absolute Gasteiger partial charge is 0.0697 e. The molecule has 0 aromatic heterocycles. The van der Waals surface area contributed by atoms with Crippen molar-refractivity contribution in [1.82, 2.24) is 10.2 Å². The van der Waals surface area contributed by atoms with Gasteiger partial charge >= 0.3 is 0 Å². The van der Waals surface area contributed by atoms with E-state index in [-0.39, 0.29) is 5.60 Å². The summed E-state index contributed by atoms with van der Waals surface area (Å²) >= 11 is 0. The molecular formula is C14H26N2O. The zero-order valence-electron chi connectivity index (χ0n) is 11.1. The van der Waals surface area contributed by atoms with Crippen molar-refractivity contribution >= 4 is 0 Å². The Hall–Kier alpha value is -0.120. The maximum atomic E-state index is 6.18. The lowest BCUT2D eigenvalue weighted by molar-refractivity contribution is -0.127. The van der Waals surface area contributed by atoms with Gasteiger partial charge in [0.15, 0.2) is 0 Å². The summed E-state index contributed by atoms with van der Waals surface area (Å²) in [6.07, 6.45) is 9.29. The Morgan fingerprint density at radius 2 is 1.88 bits per heavy atom. The van der Waals surface area contributed by atoms with Crippen LogP contribution in [-0.2, 0) is 4.74 Å². The summed E-state index contributed by atoms with van der Waals surface area (Å²) in [6.45, 7) is 3.34. The van der Waals surface area contributed by atoms with Gasteiger partial charge in [-0.2, -0.15) is 0 Å². The van der Waals surface area contributed by atoms with Gasteiger partial charge in [0.2, 0.25) is 0 Å². The van der Waals surface area contributed by atoms with Crippen LogP contribution in [0.3, 0.4) is 0 Å². The molecule has 2 aliphatic heterocycles. The van der Waals surface area contributed by atoms with Crippen molar-refractivity contribution in [2.24, 2.45) is 0 Å². The molecule has 98 valence electrons. The molecule has 0 amide bonds. The van der Waals surface area contributed by atoms with Crippen molar-refractivity contribution < 1.29 is 4.74 Å². The second-order valence-corrected chi connectivity index (χ2v) is 6.22. The maximum Gasteiger partial charge on any atom is 0.0697 e. The van der Waals surface area contributed by atoms with Crippen LogP contribution in [0, 0.1) is 0 Å². The molecule has 1 aliphatic carbocycles. The Bertz CT molecular complexity index is 253. The van der Waals surface area contributed by atoms with E-state index >= 15 is 0 Å². The predicted molar refractivity (Wildman–Crippen MR) is 69.2 cm³/mol. The van der Waals surface area contributed by atoms with E-state index in [1.54, 1.807) is 0 Å². The normalized spacial score (nSPS) is 33.9. The molecule has 3 rings (SSSR count). The molecule has 3 heteroatoms.